The predicted molar refractivity (Wildman–Crippen MR) is 150 cm³/mol. The van der Waals surface area contributed by atoms with Gasteiger partial charge in [0, 0.05) is 34.9 Å². The van der Waals surface area contributed by atoms with Crippen LogP contribution in [0.15, 0.2) is 142 Å². The molecule has 0 aliphatic heterocycles. The van der Waals surface area contributed by atoms with Crippen LogP contribution in [-0.2, 0) is 0 Å². The van der Waals surface area contributed by atoms with Crippen LogP contribution in [0.4, 0.5) is 45.5 Å². The minimum Gasteiger partial charge on any atom is -0.505 e. The van der Waals surface area contributed by atoms with Crippen molar-refractivity contribution in [1.82, 2.24) is 0 Å². The lowest BCUT2D eigenvalue weighted by atomic mass is 10.2. The molecule has 0 heterocycles. The molecule has 5 rings (SSSR count). The topological polar surface area (TPSA) is 114 Å². The zero-order chi connectivity index (χ0) is 26.2. The number of azo groups is 2. The molecule has 0 unspecified atom stereocenters. The standard InChI is InChI=1S/C30H24N6O2/c37-29-20-30(38)28(36-34-26-17-13-24(14-18-26)32-22-9-5-2-6-10-22)19-27(29)35-33-25-15-11-23(12-16-25)31-21-7-3-1-4-8-21/h1-20,31-32,37-38H. The molecule has 0 atom stereocenters. The van der Waals surface area contributed by atoms with Crippen LogP contribution in [-0.4, -0.2) is 10.2 Å². The van der Waals surface area contributed by atoms with Crippen LogP contribution >= 0.6 is 0 Å². The summed E-state index contributed by atoms with van der Waals surface area (Å²) in [6, 6.07) is 37.1. The third kappa shape index (κ3) is 6.38. The Morgan fingerprint density at radius 2 is 0.763 bits per heavy atom. The molecule has 38 heavy (non-hydrogen) atoms. The van der Waals surface area contributed by atoms with E-state index in [4.69, 9.17) is 0 Å². The fourth-order valence-electron chi connectivity index (χ4n) is 3.54. The number of rotatable bonds is 8. The first-order valence-electron chi connectivity index (χ1n) is 11.9. The van der Waals surface area contributed by atoms with Gasteiger partial charge in [-0.05, 0) is 72.8 Å². The highest BCUT2D eigenvalue weighted by molar-refractivity contribution is 5.66. The van der Waals surface area contributed by atoms with Gasteiger partial charge >= 0.3 is 0 Å². The van der Waals surface area contributed by atoms with E-state index in [0.717, 1.165) is 22.7 Å². The molecule has 0 aliphatic rings. The Hall–Kier alpha value is -5.50. The molecule has 0 fully saturated rings. The molecule has 0 aromatic heterocycles. The number of hydrogen-bond acceptors (Lipinski definition) is 8. The number of anilines is 4. The summed E-state index contributed by atoms with van der Waals surface area (Å²) in [6.45, 7) is 0. The first-order chi connectivity index (χ1) is 18.6. The van der Waals surface area contributed by atoms with E-state index in [0.29, 0.717) is 11.4 Å². The number of nitrogens with zero attached hydrogens (tertiary/aromatic N) is 4. The van der Waals surface area contributed by atoms with Crippen molar-refractivity contribution in [2.75, 3.05) is 10.6 Å². The molecule has 5 aromatic rings. The molecule has 186 valence electrons. The molecule has 0 bridgehead atoms. The molecule has 0 aliphatic carbocycles. The molecular formula is C30H24N6O2. The highest BCUT2D eigenvalue weighted by Crippen LogP contribution is 2.39. The molecule has 5 aromatic carbocycles. The van der Waals surface area contributed by atoms with Gasteiger partial charge in [-0.25, -0.2) is 0 Å². The number of para-hydroxylation sites is 2. The molecule has 0 radical (unpaired) electrons. The summed E-state index contributed by atoms with van der Waals surface area (Å²) in [4.78, 5) is 0. The van der Waals surface area contributed by atoms with Crippen LogP contribution in [0, 0.1) is 0 Å². The Balaban J connectivity index is 1.26. The molecule has 4 N–H and O–H groups in total. The average Bonchev–Trinajstić information content (AvgIpc) is 2.95. The maximum Gasteiger partial charge on any atom is 0.146 e. The minimum absolute atomic E-state index is 0.158. The first kappa shape index (κ1) is 24.2. The largest absolute Gasteiger partial charge is 0.505 e. The summed E-state index contributed by atoms with van der Waals surface area (Å²) >= 11 is 0. The Morgan fingerprint density at radius 1 is 0.395 bits per heavy atom. The number of phenols is 2. The second-order valence-corrected chi connectivity index (χ2v) is 8.31. The average molecular weight is 501 g/mol. The minimum atomic E-state index is -0.219. The van der Waals surface area contributed by atoms with Crippen molar-refractivity contribution in [1.29, 1.82) is 0 Å². The lowest BCUT2D eigenvalue weighted by molar-refractivity contribution is 0.452. The number of nitrogens with one attached hydrogen (secondary N) is 2. The number of aromatic hydroxyl groups is 2. The lowest BCUT2D eigenvalue weighted by Gasteiger charge is -2.06. The van der Waals surface area contributed by atoms with E-state index in [1.54, 1.807) is 0 Å². The van der Waals surface area contributed by atoms with E-state index in [9.17, 15) is 10.2 Å². The van der Waals surface area contributed by atoms with Crippen LogP contribution in [0.25, 0.3) is 0 Å². The summed E-state index contributed by atoms with van der Waals surface area (Å²) in [5.74, 6) is -0.437. The normalized spacial score (nSPS) is 11.2. The Labute approximate surface area is 219 Å². The van der Waals surface area contributed by atoms with E-state index in [-0.39, 0.29) is 22.9 Å². The van der Waals surface area contributed by atoms with E-state index in [1.807, 2.05) is 109 Å². The van der Waals surface area contributed by atoms with Crippen molar-refractivity contribution in [2.24, 2.45) is 20.5 Å². The summed E-state index contributed by atoms with van der Waals surface area (Å²) in [6.07, 6.45) is 0. The summed E-state index contributed by atoms with van der Waals surface area (Å²) in [7, 11) is 0. The quantitative estimate of drug-likeness (QED) is 0.159. The van der Waals surface area contributed by atoms with Crippen molar-refractivity contribution >= 4 is 45.5 Å². The van der Waals surface area contributed by atoms with Gasteiger partial charge in [-0.2, -0.15) is 10.2 Å². The monoisotopic (exact) mass is 500 g/mol. The summed E-state index contributed by atoms with van der Waals surface area (Å²) in [5.41, 5.74) is 5.31. The molecule has 0 spiro atoms. The number of hydrogen-bond donors (Lipinski definition) is 4. The van der Waals surface area contributed by atoms with Crippen molar-refractivity contribution < 1.29 is 10.2 Å². The van der Waals surface area contributed by atoms with Gasteiger partial charge in [0.25, 0.3) is 0 Å². The van der Waals surface area contributed by atoms with Crippen LogP contribution in [0.1, 0.15) is 0 Å². The highest BCUT2D eigenvalue weighted by Gasteiger charge is 2.09. The third-order valence-corrected chi connectivity index (χ3v) is 5.48. The van der Waals surface area contributed by atoms with E-state index in [1.165, 1.54) is 12.1 Å². The van der Waals surface area contributed by atoms with Gasteiger partial charge in [-0.1, -0.05) is 36.4 Å². The zero-order valence-corrected chi connectivity index (χ0v) is 20.2. The van der Waals surface area contributed by atoms with Crippen molar-refractivity contribution in [2.45, 2.75) is 0 Å². The van der Waals surface area contributed by atoms with Crippen molar-refractivity contribution in [3.8, 4) is 11.5 Å². The zero-order valence-electron chi connectivity index (χ0n) is 20.2. The van der Waals surface area contributed by atoms with Gasteiger partial charge in [0.2, 0.25) is 0 Å². The lowest BCUT2D eigenvalue weighted by Crippen LogP contribution is -1.88. The van der Waals surface area contributed by atoms with Gasteiger partial charge in [-0.3, -0.25) is 0 Å². The van der Waals surface area contributed by atoms with Gasteiger partial charge in [0.1, 0.15) is 22.9 Å². The highest BCUT2D eigenvalue weighted by atomic mass is 16.3. The number of benzene rings is 5. The van der Waals surface area contributed by atoms with E-state index >= 15 is 0 Å². The molecule has 0 saturated carbocycles. The van der Waals surface area contributed by atoms with E-state index in [2.05, 4.69) is 31.1 Å². The molecule has 0 saturated heterocycles. The maximum absolute atomic E-state index is 10.2. The third-order valence-electron chi connectivity index (χ3n) is 5.48. The summed E-state index contributed by atoms with van der Waals surface area (Å²) in [5, 5.41) is 43.7. The van der Waals surface area contributed by atoms with Gasteiger partial charge < -0.3 is 20.8 Å². The Morgan fingerprint density at radius 3 is 1.16 bits per heavy atom. The van der Waals surface area contributed by atoms with Gasteiger partial charge in [0.05, 0.1) is 11.4 Å². The molecule has 8 heteroatoms. The molecule has 0 amide bonds. The van der Waals surface area contributed by atoms with Gasteiger partial charge in [-0.15, -0.1) is 10.2 Å². The Bertz CT molecular complexity index is 1440. The van der Waals surface area contributed by atoms with Crippen molar-refractivity contribution in [3.05, 3.63) is 121 Å². The fraction of sp³-hybridized carbons (Fsp3) is 0. The molecular weight excluding hydrogens is 476 g/mol. The predicted octanol–water partition coefficient (Wildman–Crippen LogP) is 9.42. The summed E-state index contributed by atoms with van der Waals surface area (Å²) < 4.78 is 0. The van der Waals surface area contributed by atoms with Crippen LogP contribution in [0.2, 0.25) is 0 Å². The first-order valence-corrected chi connectivity index (χ1v) is 11.9. The fourth-order valence-corrected chi connectivity index (χ4v) is 3.54. The smallest absolute Gasteiger partial charge is 0.146 e. The SMILES string of the molecule is Oc1cc(O)c(N=Nc2ccc(Nc3ccccc3)cc2)cc1N=Nc1ccc(Nc2ccccc2)cc1. The van der Waals surface area contributed by atoms with E-state index < -0.39 is 0 Å². The molecule has 8 nitrogen and oxygen atoms in total. The maximum atomic E-state index is 10.2. The second-order valence-electron chi connectivity index (χ2n) is 8.31. The van der Waals surface area contributed by atoms with Crippen LogP contribution in [0.3, 0.4) is 0 Å². The van der Waals surface area contributed by atoms with Gasteiger partial charge in [0.15, 0.2) is 0 Å². The second kappa shape index (κ2) is 11.5. The van der Waals surface area contributed by atoms with Crippen LogP contribution in [0.5, 0.6) is 11.5 Å². The Kier molecular flexibility index (Phi) is 7.32. The number of phenolic OH excluding ortho intramolecular Hbond substituents is 2. The van der Waals surface area contributed by atoms with Crippen LogP contribution < -0.4 is 10.6 Å². The van der Waals surface area contributed by atoms with Crippen molar-refractivity contribution in [3.63, 3.8) is 0 Å².